The van der Waals surface area contributed by atoms with Crippen LogP contribution in [0.2, 0.25) is 0 Å². The molecule has 7 nitrogen and oxygen atoms in total. The summed E-state index contributed by atoms with van der Waals surface area (Å²) in [5.41, 5.74) is -2.09. The van der Waals surface area contributed by atoms with E-state index in [0.717, 1.165) is 17.2 Å². The fourth-order valence-corrected chi connectivity index (χ4v) is 3.52. The Morgan fingerprint density at radius 1 is 1.15 bits per heavy atom. The van der Waals surface area contributed by atoms with E-state index < -0.39 is 28.8 Å². The van der Waals surface area contributed by atoms with Crippen molar-refractivity contribution < 1.29 is 19.1 Å². The number of carbonyl (C=O) groups excluding carboxylic acids is 1. The van der Waals surface area contributed by atoms with Crippen LogP contribution in [-0.4, -0.2) is 44.3 Å². The van der Waals surface area contributed by atoms with Crippen molar-refractivity contribution in [2.75, 3.05) is 7.05 Å². The van der Waals surface area contributed by atoms with Crippen LogP contribution in [0.15, 0.2) is 41.2 Å². The molecule has 0 aliphatic heterocycles. The summed E-state index contributed by atoms with van der Waals surface area (Å²) >= 11 is 0. The number of halogens is 1. The molecule has 142 valence electrons. The SMILES string of the molecule is CN(C(=O)c1ccc(=O)n(-c2ccccc2F)n1)C1(C(=O)O)CCCCC1. The molecule has 1 saturated carbocycles. The highest BCUT2D eigenvalue weighted by atomic mass is 19.1. The maximum absolute atomic E-state index is 14.0. The van der Waals surface area contributed by atoms with Crippen molar-refractivity contribution in [3.63, 3.8) is 0 Å². The molecule has 3 rings (SSSR count). The summed E-state index contributed by atoms with van der Waals surface area (Å²) in [7, 11) is 1.43. The van der Waals surface area contributed by atoms with Gasteiger partial charge >= 0.3 is 5.97 Å². The first-order valence-electron chi connectivity index (χ1n) is 8.74. The molecule has 1 aromatic heterocycles. The van der Waals surface area contributed by atoms with Gasteiger partial charge in [-0.05, 0) is 31.0 Å². The monoisotopic (exact) mass is 373 g/mol. The minimum absolute atomic E-state index is 0.0783. The number of aromatic nitrogens is 2. The maximum atomic E-state index is 14.0. The quantitative estimate of drug-likeness (QED) is 0.887. The number of para-hydroxylation sites is 1. The lowest BCUT2D eigenvalue weighted by atomic mass is 9.80. The predicted molar refractivity (Wildman–Crippen MR) is 95.3 cm³/mol. The fourth-order valence-electron chi connectivity index (χ4n) is 3.52. The summed E-state index contributed by atoms with van der Waals surface area (Å²) in [4.78, 5) is 38.1. The molecule has 0 radical (unpaired) electrons. The molecule has 1 aliphatic rings. The third kappa shape index (κ3) is 3.34. The van der Waals surface area contributed by atoms with E-state index in [2.05, 4.69) is 5.10 Å². The van der Waals surface area contributed by atoms with E-state index in [4.69, 9.17) is 0 Å². The van der Waals surface area contributed by atoms with Crippen LogP contribution in [0.3, 0.4) is 0 Å². The number of carboxylic acids is 1. The van der Waals surface area contributed by atoms with E-state index in [9.17, 15) is 23.9 Å². The van der Waals surface area contributed by atoms with Crippen LogP contribution in [0.1, 0.15) is 42.6 Å². The number of aliphatic carboxylic acids is 1. The van der Waals surface area contributed by atoms with Crippen molar-refractivity contribution in [1.82, 2.24) is 14.7 Å². The summed E-state index contributed by atoms with van der Waals surface area (Å²) in [6.45, 7) is 0. The summed E-state index contributed by atoms with van der Waals surface area (Å²) in [6.07, 6.45) is 3.07. The molecule has 1 fully saturated rings. The number of likely N-dealkylation sites (N-methyl/N-ethyl adjacent to an activating group) is 1. The molecule has 0 saturated heterocycles. The molecule has 0 unspecified atom stereocenters. The van der Waals surface area contributed by atoms with Gasteiger partial charge in [0.2, 0.25) is 0 Å². The highest BCUT2D eigenvalue weighted by Crippen LogP contribution is 2.34. The first-order valence-corrected chi connectivity index (χ1v) is 8.74. The molecule has 1 heterocycles. The molecule has 8 heteroatoms. The predicted octanol–water partition coefficient (Wildman–Crippen LogP) is 2.23. The van der Waals surface area contributed by atoms with Crippen molar-refractivity contribution in [1.29, 1.82) is 0 Å². The zero-order chi connectivity index (χ0) is 19.6. The van der Waals surface area contributed by atoms with E-state index in [1.165, 1.54) is 36.2 Å². The number of carboxylic acid groups (broad SMARTS) is 1. The minimum Gasteiger partial charge on any atom is -0.479 e. The summed E-state index contributed by atoms with van der Waals surface area (Å²) in [5.74, 6) is -2.33. The topological polar surface area (TPSA) is 92.5 Å². The molecule has 1 aliphatic carbocycles. The summed E-state index contributed by atoms with van der Waals surface area (Å²) < 4.78 is 14.8. The highest BCUT2D eigenvalue weighted by Gasteiger charge is 2.46. The second-order valence-corrected chi connectivity index (χ2v) is 6.68. The molecule has 0 spiro atoms. The Morgan fingerprint density at radius 3 is 2.44 bits per heavy atom. The molecular formula is C19H20FN3O4. The lowest BCUT2D eigenvalue weighted by molar-refractivity contribution is -0.151. The first kappa shape index (κ1) is 18.8. The van der Waals surface area contributed by atoms with Gasteiger partial charge in [-0.1, -0.05) is 31.4 Å². The first-order chi connectivity index (χ1) is 12.9. The highest BCUT2D eigenvalue weighted by molar-refractivity contribution is 5.96. The number of benzene rings is 1. The van der Waals surface area contributed by atoms with Crippen LogP contribution in [0.5, 0.6) is 0 Å². The van der Waals surface area contributed by atoms with Gasteiger partial charge < -0.3 is 10.0 Å². The lowest BCUT2D eigenvalue weighted by Crippen LogP contribution is -2.56. The van der Waals surface area contributed by atoms with Crippen LogP contribution in [0.25, 0.3) is 5.69 Å². The van der Waals surface area contributed by atoms with Gasteiger partial charge in [0.05, 0.1) is 0 Å². The van der Waals surface area contributed by atoms with E-state index in [0.29, 0.717) is 25.7 Å². The molecule has 0 atom stereocenters. The number of nitrogens with zero attached hydrogens (tertiary/aromatic N) is 3. The number of rotatable bonds is 4. The zero-order valence-corrected chi connectivity index (χ0v) is 14.9. The molecule has 27 heavy (non-hydrogen) atoms. The van der Waals surface area contributed by atoms with Crippen LogP contribution in [-0.2, 0) is 4.79 Å². The third-order valence-corrected chi connectivity index (χ3v) is 5.13. The van der Waals surface area contributed by atoms with E-state index in [1.54, 1.807) is 6.07 Å². The van der Waals surface area contributed by atoms with Crippen molar-refractivity contribution in [2.45, 2.75) is 37.6 Å². The second kappa shape index (κ2) is 7.30. The van der Waals surface area contributed by atoms with Gasteiger partial charge in [-0.2, -0.15) is 9.78 Å². The second-order valence-electron chi connectivity index (χ2n) is 6.68. The Hall–Kier alpha value is -3.03. The number of hydrogen-bond acceptors (Lipinski definition) is 4. The van der Waals surface area contributed by atoms with Gasteiger partial charge in [0.1, 0.15) is 22.7 Å². The summed E-state index contributed by atoms with van der Waals surface area (Å²) in [6, 6.07) is 7.94. The minimum atomic E-state index is -1.30. The van der Waals surface area contributed by atoms with Crippen molar-refractivity contribution >= 4 is 11.9 Å². The van der Waals surface area contributed by atoms with Crippen molar-refractivity contribution in [2.24, 2.45) is 0 Å². The van der Waals surface area contributed by atoms with Crippen LogP contribution in [0, 0.1) is 5.82 Å². The van der Waals surface area contributed by atoms with E-state index >= 15 is 0 Å². The largest absolute Gasteiger partial charge is 0.479 e. The molecule has 1 amide bonds. The van der Waals surface area contributed by atoms with Crippen molar-refractivity contribution in [3.8, 4) is 5.69 Å². The van der Waals surface area contributed by atoms with Gasteiger partial charge in [0.15, 0.2) is 0 Å². The molecule has 0 bridgehead atoms. The number of amides is 1. The van der Waals surface area contributed by atoms with Crippen LogP contribution < -0.4 is 5.56 Å². The maximum Gasteiger partial charge on any atom is 0.329 e. The number of hydrogen-bond donors (Lipinski definition) is 1. The number of carbonyl (C=O) groups is 2. The normalized spacial score (nSPS) is 15.9. The van der Waals surface area contributed by atoms with Crippen LogP contribution in [0.4, 0.5) is 4.39 Å². The van der Waals surface area contributed by atoms with E-state index in [1.807, 2.05) is 0 Å². The lowest BCUT2D eigenvalue weighted by Gasteiger charge is -2.40. The molecular weight excluding hydrogens is 353 g/mol. The standard InChI is InChI=1S/C19H20FN3O4/c1-22(19(18(26)27)11-5-2-6-12-19)17(25)14-9-10-16(24)23(21-14)15-8-4-3-7-13(15)20/h3-4,7-10H,2,5-6,11-12H2,1H3,(H,26,27). The van der Waals surface area contributed by atoms with Gasteiger partial charge in [-0.15, -0.1) is 0 Å². The van der Waals surface area contributed by atoms with Gasteiger partial charge in [0, 0.05) is 13.1 Å². The average molecular weight is 373 g/mol. The average Bonchev–Trinajstić information content (AvgIpc) is 2.68. The summed E-state index contributed by atoms with van der Waals surface area (Å²) in [5, 5.41) is 13.7. The Morgan fingerprint density at radius 2 is 1.81 bits per heavy atom. The van der Waals surface area contributed by atoms with Gasteiger partial charge in [0.25, 0.3) is 11.5 Å². The van der Waals surface area contributed by atoms with Gasteiger partial charge in [-0.3, -0.25) is 9.59 Å². The zero-order valence-electron chi connectivity index (χ0n) is 14.9. The molecule has 1 aromatic carbocycles. The Balaban J connectivity index is 2.00. The van der Waals surface area contributed by atoms with Crippen molar-refractivity contribution in [3.05, 3.63) is 58.3 Å². The fraction of sp³-hybridized carbons (Fsp3) is 0.368. The van der Waals surface area contributed by atoms with E-state index in [-0.39, 0.29) is 11.4 Å². The molecule has 2 aromatic rings. The Labute approximate surface area is 155 Å². The molecule has 1 N–H and O–H groups in total. The Bertz CT molecular complexity index is 935. The Kier molecular flexibility index (Phi) is 5.07. The third-order valence-electron chi connectivity index (χ3n) is 5.13. The van der Waals surface area contributed by atoms with Crippen LogP contribution >= 0.6 is 0 Å². The van der Waals surface area contributed by atoms with Gasteiger partial charge in [-0.25, -0.2) is 9.18 Å². The smallest absolute Gasteiger partial charge is 0.329 e.